The minimum absolute atomic E-state index is 1.14. The van der Waals surface area contributed by atoms with E-state index >= 15 is 0 Å². The maximum absolute atomic E-state index is 3.61. The van der Waals surface area contributed by atoms with Crippen LogP contribution in [0.15, 0.2) is 77.7 Å². The fourth-order valence-corrected chi connectivity index (χ4v) is 5.36. The van der Waals surface area contributed by atoms with E-state index in [0.29, 0.717) is 0 Å². The Morgan fingerprint density at radius 1 is 0.724 bits per heavy atom. The van der Waals surface area contributed by atoms with Crippen molar-refractivity contribution in [2.75, 3.05) is 9.84 Å². The van der Waals surface area contributed by atoms with Crippen molar-refractivity contribution in [2.45, 2.75) is 43.9 Å². The highest BCUT2D eigenvalue weighted by atomic mass is 32.2. The van der Waals surface area contributed by atoms with Gasteiger partial charge in [-0.15, -0.1) is 0 Å². The van der Waals surface area contributed by atoms with Gasteiger partial charge in [-0.05, 0) is 41.3 Å². The molecule has 1 aliphatic rings. The van der Waals surface area contributed by atoms with E-state index in [-0.39, 0.29) is 0 Å². The number of unbranched alkanes of at least 4 members (excludes halogenated alkanes) is 3. The van der Waals surface area contributed by atoms with Gasteiger partial charge in [0.15, 0.2) is 0 Å². The van der Waals surface area contributed by atoms with Crippen LogP contribution in [0.5, 0.6) is 0 Å². The number of rotatable bonds is 6. The van der Waals surface area contributed by atoms with Crippen LogP contribution in [0.3, 0.4) is 0 Å². The maximum atomic E-state index is 3.61. The summed E-state index contributed by atoms with van der Waals surface area (Å²) in [4.78, 5) is 1.27. The first-order chi connectivity index (χ1) is 14.4. The summed E-state index contributed by atoms with van der Waals surface area (Å²) in [5, 5.41) is 5.42. The predicted octanol–water partition coefficient (Wildman–Crippen LogP) is 7.97. The van der Waals surface area contributed by atoms with E-state index in [1.54, 1.807) is 11.9 Å². The largest absolute Gasteiger partial charge is 0.287 e. The summed E-state index contributed by atoms with van der Waals surface area (Å²) in [6, 6.07) is 26.3. The fourth-order valence-electron chi connectivity index (χ4n) is 4.38. The number of hydrogen-bond donors (Lipinski definition) is 1. The van der Waals surface area contributed by atoms with Gasteiger partial charge in [-0.25, -0.2) is 4.41 Å². The van der Waals surface area contributed by atoms with Crippen molar-refractivity contribution < 1.29 is 0 Å². The molecule has 0 atom stereocenters. The van der Waals surface area contributed by atoms with Crippen LogP contribution >= 0.6 is 11.9 Å². The fraction of sp³-hybridized carbons (Fsp3) is 0.231. The zero-order chi connectivity index (χ0) is 19.6. The summed E-state index contributed by atoms with van der Waals surface area (Å²) in [6.45, 7) is 2.28. The summed E-state index contributed by atoms with van der Waals surface area (Å²) >= 11 is 1.77. The van der Waals surface area contributed by atoms with Crippen LogP contribution in [-0.2, 0) is 6.42 Å². The van der Waals surface area contributed by atoms with Crippen LogP contribution < -0.4 is 9.84 Å². The van der Waals surface area contributed by atoms with Gasteiger partial charge >= 0.3 is 0 Å². The SMILES string of the molecule is CCCCCCc1c2ccccc2c(N2Nc3ccccc3S2)c2ccccc12. The van der Waals surface area contributed by atoms with Crippen LogP contribution in [0.4, 0.5) is 11.4 Å². The average Bonchev–Trinajstić information content (AvgIpc) is 3.19. The first-order valence-corrected chi connectivity index (χ1v) is 11.4. The van der Waals surface area contributed by atoms with E-state index in [9.17, 15) is 0 Å². The summed E-state index contributed by atoms with van der Waals surface area (Å²) < 4.78 is 2.25. The van der Waals surface area contributed by atoms with E-state index in [1.165, 1.54) is 69.1 Å². The van der Waals surface area contributed by atoms with E-state index in [2.05, 4.69) is 89.6 Å². The third kappa shape index (κ3) is 3.34. The number of para-hydroxylation sites is 1. The summed E-state index contributed by atoms with van der Waals surface area (Å²) in [6.07, 6.45) is 6.30. The monoisotopic (exact) mass is 398 g/mol. The summed E-state index contributed by atoms with van der Waals surface area (Å²) in [7, 11) is 0. The molecule has 1 aliphatic heterocycles. The second-order valence-electron chi connectivity index (χ2n) is 7.72. The van der Waals surface area contributed by atoms with Crippen LogP contribution in [-0.4, -0.2) is 0 Å². The molecule has 0 aromatic heterocycles. The van der Waals surface area contributed by atoms with Gasteiger partial charge in [-0.2, -0.15) is 0 Å². The standard InChI is InChI=1S/C26H26N2S/c1-2-3-4-5-12-19-20-13-6-8-15-22(20)26(23-16-9-7-14-21(19)23)28-27-24-17-10-11-18-25(24)29-28/h6-11,13-18,27H,2-5,12H2,1H3. The molecular formula is C26H26N2S. The molecule has 5 rings (SSSR count). The number of benzene rings is 4. The number of aryl methyl sites for hydroxylation is 1. The zero-order valence-corrected chi connectivity index (χ0v) is 17.6. The molecule has 146 valence electrons. The van der Waals surface area contributed by atoms with Crippen LogP contribution in [0, 0.1) is 0 Å². The zero-order valence-electron chi connectivity index (χ0n) is 16.8. The smallest absolute Gasteiger partial charge is 0.0861 e. The highest BCUT2D eigenvalue weighted by molar-refractivity contribution is 8.01. The van der Waals surface area contributed by atoms with Crippen LogP contribution in [0.25, 0.3) is 21.5 Å². The first-order valence-electron chi connectivity index (χ1n) is 10.6. The molecule has 3 heteroatoms. The normalized spacial score (nSPS) is 13.1. The lowest BCUT2D eigenvalue weighted by Crippen LogP contribution is -2.17. The van der Waals surface area contributed by atoms with Crippen molar-refractivity contribution in [1.29, 1.82) is 0 Å². The Morgan fingerprint density at radius 2 is 1.34 bits per heavy atom. The average molecular weight is 399 g/mol. The Morgan fingerprint density at radius 3 is 2.00 bits per heavy atom. The number of hydrazine groups is 1. The van der Waals surface area contributed by atoms with Crippen LogP contribution in [0.1, 0.15) is 38.2 Å². The minimum atomic E-state index is 1.14. The third-order valence-corrected chi connectivity index (χ3v) is 6.81. The van der Waals surface area contributed by atoms with E-state index in [0.717, 1.165) is 6.42 Å². The van der Waals surface area contributed by atoms with Gasteiger partial charge in [-0.3, -0.25) is 5.43 Å². The molecule has 0 aliphatic carbocycles. The van der Waals surface area contributed by atoms with Crippen molar-refractivity contribution in [3.8, 4) is 0 Å². The van der Waals surface area contributed by atoms with Gasteiger partial charge in [-0.1, -0.05) is 86.8 Å². The van der Waals surface area contributed by atoms with Gasteiger partial charge < -0.3 is 0 Å². The molecule has 1 heterocycles. The number of nitrogens with zero attached hydrogens (tertiary/aromatic N) is 1. The second kappa shape index (κ2) is 8.00. The molecule has 0 unspecified atom stereocenters. The molecule has 0 saturated carbocycles. The van der Waals surface area contributed by atoms with Gasteiger partial charge in [0.05, 0.1) is 16.3 Å². The van der Waals surface area contributed by atoms with Gasteiger partial charge in [0.1, 0.15) is 0 Å². The van der Waals surface area contributed by atoms with Crippen molar-refractivity contribution in [3.63, 3.8) is 0 Å². The third-order valence-electron chi connectivity index (χ3n) is 5.80. The van der Waals surface area contributed by atoms with Gasteiger partial charge in [0.2, 0.25) is 0 Å². The molecule has 1 N–H and O–H groups in total. The lowest BCUT2D eigenvalue weighted by Gasteiger charge is -2.23. The van der Waals surface area contributed by atoms with Crippen molar-refractivity contribution in [3.05, 3.63) is 78.4 Å². The lowest BCUT2D eigenvalue weighted by molar-refractivity contribution is 0.669. The van der Waals surface area contributed by atoms with Gasteiger partial charge in [0, 0.05) is 22.7 Å². The molecule has 0 spiro atoms. The van der Waals surface area contributed by atoms with E-state index in [4.69, 9.17) is 0 Å². The molecule has 0 amide bonds. The quantitative estimate of drug-likeness (QED) is 0.201. The Kier molecular flexibility index (Phi) is 5.07. The molecule has 2 nitrogen and oxygen atoms in total. The molecule has 0 saturated heterocycles. The Balaban J connectivity index is 1.67. The predicted molar refractivity (Wildman–Crippen MR) is 128 cm³/mol. The molecular weight excluding hydrogens is 372 g/mol. The second-order valence-corrected chi connectivity index (χ2v) is 8.71. The maximum Gasteiger partial charge on any atom is 0.0861 e. The molecule has 29 heavy (non-hydrogen) atoms. The molecule has 0 radical (unpaired) electrons. The summed E-state index contributed by atoms with van der Waals surface area (Å²) in [5.74, 6) is 0. The minimum Gasteiger partial charge on any atom is -0.287 e. The topological polar surface area (TPSA) is 15.3 Å². The lowest BCUT2D eigenvalue weighted by atomic mass is 9.91. The van der Waals surface area contributed by atoms with Crippen molar-refractivity contribution >= 4 is 44.9 Å². The highest BCUT2D eigenvalue weighted by Gasteiger charge is 2.24. The number of anilines is 2. The molecule has 0 bridgehead atoms. The van der Waals surface area contributed by atoms with E-state index < -0.39 is 0 Å². The molecule has 4 aromatic rings. The van der Waals surface area contributed by atoms with Crippen molar-refractivity contribution in [2.24, 2.45) is 0 Å². The van der Waals surface area contributed by atoms with E-state index in [1.807, 2.05) is 0 Å². The number of fused-ring (bicyclic) bond motifs is 3. The molecule has 4 aromatic carbocycles. The Labute approximate surface area is 177 Å². The summed E-state index contributed by atoms with van der Waals surface area (Å²) in [5.41, 5.74) is 7.54. The Hall–Kier alpha value is -2.65. The molecule has 0 fully saturated rings. The first kappa shape index (κ1) is 18.4. The van der Waals surface area contributed by atoms with Crippen LogP contribution in [0.2, 0.25) is 0 Å². The number of hydrogen-bond acceptors (Lipinski definition) is 3. The number of nitrogens with one attached hydrogen (secondary N) is 1. The van der Waals surface area contributed by atoms with Crippen molar-refractivity contribution in [1.82, 2.24) is 0 Å². The van der Waals surface area contributed by atoms with Gasteiger partial charge in [0.25, 0.3) is 0 Å². The Bertz CT molecular complexity index is 1090. The highest BCUT2D eigenvalue weighted by Crippen LogP contribution is 2.47.